The molecule has 1 radical (unpaired) electrons. The van der Waals surface area contributed by atoms with Crippen LogP contribution in [0.15, 0.2) is 132 Å². The van der Waals surface area contributed by atoms with E-state index in [1.54, 1.807) is 12.1 Å². The third-order valence-electron chi connectivity index (χ3n) is 9.28. The molecule has 0 unspecified atom stereocenters. The SMILES string of the molecule is [2H]C([2H])([2H])c1c[c-]c(-c2ccc(C([2H])([2H])[2H])cn2)cc1.[2H]C1(c2ccc(-c3ccnc(-c4[c-]ccc5c4oc4c6ccccc6ccc54)c3)cc2)CCCCC1.[Ir]. The number of aryl methyl sites for hydroxylation is 2. The molecule has 3 nitrogen and oxygen atoms in total. The Morgan fingerprint density at radius 2 is 1.52 bits per heavy atom. The summed E-state index contributed by atoms with van der Waals surface area (Å²) in [5.74, 6) is -0.434. The van der Waals surface area contributed by atoms with Gasteiger partial charge in [-0.05, 0) is 70.7 Å². The van der Waals surface area contributed by atoms with E-state index in [2.05, 4.69) is 89.9 Å². The summed E-state index contributed by atoms with van der Waals surface area (Å²) < 4.78 is 59.1. The smallest absolute Gasteiger partial charge is 0.128 e. The van der Waals surface area contributed by atoms with Gasteiger partial charge in [0.25, 0.3) is 0 Å². The van der Waals surface area contributed by atoms with E-state index in [0.717, 1.165) is 81.0 Å². The second-order valence-electron chi connectivity index (χ2n) is 12.5. The Balaban J connectivity index is 0.000000202. The molecule has 1 aliphatic rings. The Morgan fingerprint density at radius 3 is 2.30 bits per heavy atom. The Morgan fingerprint density at radius 1 is 0.700 bits per heavy atom. The van der Waals surface area contributed by atoms with Crippen molar-refractivity contribution in [1.82, 2.24) is 9.97 Å². The van der Waals surface area contributed by atoms with Crippen molar-refractivity contribution in [3.05, 3.63) is 156 Å². The first-order valence-electron chi connectivity index (χ1n) is 20.2. The number of benzene rings is 5. The van der Waals surface area contributed by atoms with Crippen LogP contribution in [-0.4, -0.2) is 9.97 Å². The van der Waals surface area contributed by atoms with Gasteiger partial charge in [0.05, 0.1) is 5.58 Å². The van der Waals surface area contributed by atoms with Gasteiger partial charge in [-0.3, -0.25) is 0 Å². The molecule has 1 aliphatic carbocycles. The molecule has 1 fully saturated rings. The van der Waals surface area contributed by atoms with Crippen molar-refractivity contribution >= 4 is 32.7 Å². The van der Waals surface area contributed by atoms with Crippen molar-refractivity contribution in [2.24, 2.45) is 0 Å². The van der Waals surface area contributed by atoms with Crippen LogP contribution in [0.25, 0.3) is 66.4 Å². The number of nitrogens with zero attached hydrogens (tertiary/aromatic N) is 2. The molecule has 4 heteroatoms. The zero-order chi connectivity index (χ0) is 39.1. The van der Waals surface area contributed by atoms with Crippen LogP contribution in [0.2, 0.25) is 0 Å². The predicted octanol–water partition coefficient (Wildman–Crippen LogP) is 12.5. The van der Waals surface area contributed by atoms with Gasteiger partial charge in [-0.25, -0.2) is 0 Å². The number of aromatic nitrogens is 2. The molecule has 0 amide bonds. The molecule has 8 aromatic rings. The van der Waals surface area contributed by atoms with Gasteiger partial charge in [0.1, 0.15) is 5.58 Å². The van der Waals surface area contributed by atoms with Crippen LogP contribution in [0.3, 0.4) is 0 Å². The third kappa shape index (κ3) is 6.92. The van der Waals surface area contributed by atoms with Crippen LogP contribution in [-0.2, 0) is 20.1 Å². The summed E-state index contributed by atoms with van der Waals surface area (Å²) in [6.07, 6.45) is 8.63. The average Bonchev–Trinajstić information content (AvgIpc) is 3.61. The fraction of sp³-hybridized carbons (Fsp3) is 0.174. The van der Waals surface area contributed by atoms with Crippen LogP contribution >= 0.6 is 0 Å². The summed E-state index contributed by atoms with van der Waals surface area (Å²) in [6.45, 7) is -4.34. The average molecular weight is 834 g/mol. The Labute approximate surface area is 317 Å². The first kappa shape index (κ1) is 26.0. The molecular formula is C46H38IrN2O-2. The van der Waals surface area contributed by atoms with Gasteiger partial charge in [-0.15, -0.1) is 53.6 Å². The molecule has 0 atom stereocenters. The molecule has 1 saturated carbocycles. The van der Waals surface area contributed by atoms with Crippen molar-refractivity contribution in [3.8, 4) is 33.6 Å². The van der Waals surface area contributed by atoms with Gasteiger partial charge in [0.2, 0.25) is 0 Å². The summed E-state index contributed by atoms with van der Waals surface area (Å²) in [7, 11) is 0. The zero-order valence-corrected chi connectivity index (χ0v) is 29.7. The summed E-state index contributed by atoms with van der Waals surface area (Å²) in [4.78, 5) is 8.77. The van der Waals surface area contributed by atoms with E-state index in [0.29, 0.717) is 11.3 Å². The van der Waals surface area contributed by atoms with Gasteiger partial charge in [0.15, 0.2) is 0 Å². The maximum Gasteiger partial charge on any atom is 0.128 e. The molecule has 0 aliphatic heterocycles. The first-order chi connectivity index (χ1) is 26.9. The monoisotopic (exact) mass is 834 g/mol. The van der Waals surface area contributed by atoms with Crippen LogP contribution in [0.1, 0.15) is 64.3 Å². The van der Waals surface area contributed by atoms with E-state index in [1.807, 2.05) is 18.3 Å². The van der Waals surface area contributed by atoms with Gasteiger partial charge >= 0.3 is 0 Å². The number of hydrogen-bond acceptors (Lipinski definition) is 3. The molecule has 3 heterocycles. The van der Waals surface area contributed by atoms with Gasteiger partial charge in [-0.2, -0.15) is 0 Å². The normalized spacial score (nSPS) is 16.4. The largest absolute Gasteiger partial charge is 0.500 e. The second-order valence-corrected chi connectivity index (χ2v) is 12.5. The summed E-state index contributed by atoms with van der Waals surface area (Å²) in [6, 6.07) is 43.2. The molecular weight excluding hydrogens is 789 g/mol. The van der Waals surface area contributed by atoms with Gasteiger partial charge in [-0.1, -0.05) is 116 Å². The third-order valence-corrected chi connectivity index (χ3v) is 9.28. The van der Waals surface area contributed by atoms with Gasteiger partial charge in [0, 0.05) is 52.9 Å². The molecule has 249 valence electrons. The minimum Gasteiger partial charge on any atom is -0.500 e. The Bertz CT molecular complexity index is 2590. The van der Waals surface area contributed by atoms with Crippen LogP contribution < -0.4 is 0 Å². The topological polar surface area (TPSA) is 38.9 Å². The number of pyridine rings is 2. The van der Waals surface area contributed by atoms with Crippen molar-refractivity contribution < 1.29 is 34.1 Å². The molecule has 0 saturated heterocycles. The molecule has 5 aromatic carbocycles. The first-order valence-corrected chi connectivity index (χ1v) is 16.7. The van der Waals surface area contributed by atoms with Crippen LogP contribution in [0.5, 0.6) is 0 Å². The van der Waals surface area contributed by atoms with E-state index < -0.39 is 19.6 Å². The fourth-order valence-corrected chi connectivity index (χ4v) is 6.71. The molecule has 0 N–H and O–H groups in total. The minimum absolute atomic E-state index is 0. The summed E-state index contributed by atoms with van der Waals surface area (Å²) >= 11 is 0. The number of rotatable bonds is 4. The predicted molar refractivity (Wildman–Crippen MR) is 203 cm³/mol. The van der Waals surface area contributed by atoms with Crippen molar-refractivity contribution in [1.29, 1.82) is 0 Å². The van der Waals surface area contributed by atoms with Crippen molar-refractivity contribution in [2.75, 3.05) is 0 Å². The Kier molecular flexibility index (Phi) is 7.76. The van der Waals surface area contributed by atoms with Crippen LogP contribution in [0, 0.1) is 25.8 Å². The number of furan rings is 1. The fourth-order valence-electron chi connectivity index (χ4n) is 6.71. The zero-order valence-electron chi connectivity index (χ0n) is 34.3. The molecule has 0 spiro atoms. The Hall–Kier alpha value is -4.89. The van der Waals surface area contributed by atoms with E-state index in [1.165, 1.54) is 36.2 Å². The van der Waals surface area contributed by atoms with Crippen molar-refractivity contribution in [3.63, 3.8) is 0 Å². The van der Waals surface area contributed by atoms with E-state index in [4.69, 9.17) is 19.0 Å². The van der Waals surface area contributed by atoms with Crippen molar-refractivity contribution in [2.45, 2.75) is 51.7 Å². The number of fused-ring (bicyclic) bond motifs is 5. The maximum atomic E-state index is 8.93. The molecule has 50 heavy (non-hydrogen) atoms. The van der Waals surface area contributed by atoms with Crippen LogP contribution in [0.4, 0.5) is 0 Å². The van der Waals surface area contributed by atoms with Gasteiger partial charge < -0.3 is 14.4 Å². The van der Waals surface area contributed by atoms with E-state index in [9.17, 15) is 0 Å². The molecule has 9 rings (SSSR count). The summed E-state index contributed by atoms with van der Waals surface area (Å²) in [5.41, 5.74) is 8.35. The molecule has 0 bridgehead atoms. The standard InChI is InChI=1S/C33H26NO.C13H12N.Ir/c1-2-7-22(8-3-1)23-13-15-24(16-14-23)26-19-20-34-31(21-26)30-12-6-11-28-29-18-17-25-9-4-5-10-27(25)32(29)35-33(28)30;1-10-3-6-12(7-4-10)13-8-5-11(2)9-14-13;/h4-6,9-11,13-22H,1-3,7-8H2;3-6,8-9H,1-2H3;/q2*-1;/i22D;1D3,2D3;. The van der Waals surface area contributed by atoms with E-state index in [-0.39, 0.29) is 31.2 Å². The maximum absolute atomic E-state index is 8.93. The van der Waals surface area contributed by atoms with E-state index >= 15 is 0 Å². The summed E-state index contributed by atoms with van der Waals surface area (Å²) in [5, 5.41) is 4.47. The second kappa shape index (κ2) is 14.9. The molecule has 3 aromatic heterocycles. The quantitative estimate of drug-likeness (QED) is 0.166. The minimum atomic E-state index is -2.18. The number of hydrogen-bond donors (Lipinski definition) is 0.